The Bertz CT molecular complexity index is 650. The van der Waals surface area contributed by atoms with Gasteiger partial charge in [-0.1, -0.05) is 15.9 Å². The summed E-state index contributed by atoms with van der Waals surface area (Å²) in [4.78, 5) is 16.6. The molecule has 1 aromatic heterocycles. The molecule has 1 unspecified atom stereocenters. The van der Waals surface area contributed by atoms with Gasteiger partial charge in [0.25, 0.3) is 0 Å². The first-order valence-electron chi connectivity index (χ1n) is 6.70. The molecule has 0 radical (unpaired) electrons. The van der Waals surface area contributed by atoms with Crippen LogP contribution in [0.1, 0.15) is 17.8 Å². The number of amides is 1. The fourth-order valence-electron chi connectivity index (χ4n) is 2.54. The molecule has 0 aliphatic carbocycles. The minimum absolute atomic E-state index is 0.00820. The number of rotatable bonds is 2. The molecule has 1 atom stereocenters. The smallest absolute Gasteiger partial charge is 0.228 e. The highest BCUT2D eigenvalue weighted by Gasteiger charge is 2.25. The van der Waals surface area contributed by atoms with E-state index < -0.39 is 0 Å². The van der Waals surface area contributed by atoms with Crippen molar-refractivity contribution in [3.05, 3.63) is 46.5 Å². The molecule has 1 aromatic carbocycles. The molecule has 0 saturated carbocycles. The predicted octanol–water partition coefficient (Wildman–Crippen LogP) is 3.16. The number of aromatic nitrogens is 2. The summed E-state index contributed by atoms with van der Waals surface area (Å²) in [7, 11) is 0. The van der Waals surface area contributed by atoms with E-state index in [1.165, 1.54) is 0 Å². The van der Waals surface area contributed by atoms with E-state index in [9.17, 15) is 4.79 Å². The van der Waals surface area contributed by atoms with E-state index in [2.05, 4.69) is 30.8 Å². The van der Waals surface area contributed by atoms with Crippen LogP contribution in [0.4, 0.5) is 5.69 Å². The zero-order valence-electron chi connectivity index (χ0n) is 11.3. The van der Waals surface area contributed by atoms with E-state index in [1.807, 2.05) is 31.3 Å². The quantitative estimate of drug-likeness (QED) is 0.917. The van der Waals surface area contributed by atoms with Crippen LogP contribution in [0.5, 0.6) is 0 Å². The Balaban J connectivity index is 1.69. The second-order valence-corrected chi connectivity index (χ2v) is 6.03. The molecule has 4 nitrogen and oxygen atoms in total. The van der Waals surface area contributed by atoms with Crippen molar-refractivity contribution in [1.82, 2.24) is 9.55 Å². The van der Waals surface area contributed by atoms with Gasteiger partial charge < -0.3 is 9.88 Å². The number of carbonyl (C=O) groups excluding carboxylic acids is 1. The molecule has 2 heterocycles. The lowest BCUT2D eigenvalue weighted by Gasteiger charge is -2.22. The Morgan fingerprint density at radius 1 is 1.50 bits per heavy atom. The maximum absolute atomic E-state index is 12.3. The van der Waals surface area contributed by atoms with Crippen molar-refractivity contribution in [2.75, 3.05) is 5.32 Å². The SMILES string of the molecule is Cc1cc(NC(=O)C2CCn3ccnc3C2)ccc1Br. The third kappa shape index (κ3) is 2.63. The Morgan fingerprint density at radius 3 is 3.15 bits per heavy atom. The maximum Gasteiger partial charge on any atom is 0.228 e. The number of nitrogens with zero attached hydrogens (tertiary/aromatic N) is 2. The van der Waals surface area contributed by atoms with Crippen LogP contribution < -0.4 is 5.32 Å². The van der Waals surface area contributed by atoms with E-state index >= 15 is 0 Å². The largest absolute Gasteiger partial charge is 0.335 e. The molecule has 0 spiro atoms. The summed E-state index contributed by atoms with van der Waals surface area (Å²) in [6, 6.07) is 5.85. The van der Waals surface area contributed by atoms with Crippen LogP contribution in [0.25, 0.3) is 0 Å². The molecule has 0 saturated heterocycles. The minimum atomic E-state index is 0.00820. The van der Waals surface area contributed by atoms with Crippen molar-refractivity contribution in [1.29, 1.82) is 0 Å². The Hall–Kier alpha value is -1.62. The number of halogens is 1. The highest BCUT2D eigenvalue weighted by Crippen LogP contribution is 2.23. The number of aryl methyl sites for hydroxylation is 2. The van der Waals surface area contributed by atoms with Crippen molar-refractivity contribution in [3.8, 4) is 0 Å². The van der Waals surface area contributed by atoms with Crippen molar-refractivity contribution in [3.63, 3.8) is 0 Å². The monoisotopic (exact) mass is 333 g/mol. The number of nitrogens with one attached hydrogen (secondary N) is 1. The predicted molar refractivity (Wildman–Crippen MR) is 81.5 cm³/mol. The van der Waals surface area contributed by atoms with E-state index in [-0.39, 0.29) is 11.8 Å². The molecule has 0 bridgehead atoms. The molecule has 1 N–H and O–H groups in total. The van der Waals surface area contributed by atoms with Crippen LogP contribution in [0.15, 0.2) is 35.1 Å². The van der Waals surface area contributed by atoms with Crippen molar-refractivity contribution in [2.45, 2.75) is 26.3 Å². The van der Waals surface area contributed by atoms with Gasteiger partial charge in [0, 0.05) is 41.4 Å². The molecule has 0 fully saturated rings. The first kappa shape index (κ1) is 13.4. The fraction of sp³-hybridized carbons (Fsp3) is 0.333. The molecule has 5 heteroatoms. The third-order valence-corrected chi connectivity index (χ3v) is 4.64. The van der Waals surface area contributed by atoms with Gasteiger partial charge in [-0.2, -0.15) is 0 Å². The van der Waals surface area contributed by atoms with Gasteiger partial charge in [-0.05, 0) is 37.1 Å². The number of carbonyl (C=O) groups is 1. The highest BCUT2D eigenvalue weighted by atomic mass is 79.9. The Morgan fingerprint density at radius 2 is 2.35 bits per heavy atom. The maximum atomic E-state index is 12.3. The molecule has 1 aliphatic rings. The molecular formula is C15H16BrN3O. The zero-order valence-corrected chi connectivity index (χ0v) is 12.9. The normalized spacial score (nSPS) is 17.6. The number of anilines is 1. The summed E-state index contributed by atoms with van der Waals surface area (Å²) >= 11 is 3.46. The van der Waals surface area contributed by atoms with Crippen molar-refractivity contribution >= 4 is 27.5 Å². The number of hydrogen-bond acceptors (Lipinski definition) is 2. The first-order valence-corrected chi connectivity index (χ1v) is 7.50. The number of fused-ring (bicyclic) bond motifs is 1. The molecule has 2 aromatic rings. The summed E-state index contributed by atoms with van der Waals surface area (Å²) in [6.45, 7) is 2.88. The van der Waals surface area contributed by atoms with Gasteiger partial charge in [0.15, 0.2) is 0 Å². The second-order valence-electron chi connectivity index (χ2n) is 5.18. The fourth-order valence-corrected chi connectivity index (χ4v) is 2.79. The minimum Gasteiger partial charge on any atom is -0.335 e. The van der Waals surface area contributed by atoms with Crippen LogP contribution in [-0.2, 0) is 17.8 Å². The van der Waals surface area contributed by atoms with Gasteiger partial charge >= 0.3 is 0 Å². The molecule has 3 rings (SSSR count). The number of benzene rings is 1. The lowest BCUT2D eigenvalue weighted by atomic mass is 9.97. The van der Waals surface area contributed by atoms with Crippen molar-refractivity contribution < 1.29 is 4.79 Å². The molecular weight excluding hydrogens is 318 g/mol. The first-order chi connectivity index (χ1) is 9.63. The summed E-state index contributed by atoms with van der Waals surface area (Å²) in [5, 5.41) is 3.01. The van der Waals surface area contributed by atoms with E-state index in [4.69, 9.17) is 0 Å². The Labute approximate surface area is 126 Å². The topological polar surface area (TPSA) is 46.9 Å². The highest BCUT2D eigenvalue weighted by molar-refractivity contribution is 9.10. The second kappa shape index (κ2) is 5.40. The van der Waals surface area contributed by atoms with Crippen LogP contribution in [0, 0.1) is 12.8 Å². The van der Waals surface area contributed by atoms with Crippen LogP contribution >= 0.6 is 15.9 Å². The van der Waals surface area contributed by atoms with E-state index in [1.54, 1.807) is 6.20 Å². The van der Waals surface area contributed by atoms with Gasteiger partial charge in [0.2, 0.25) is 5.91 Å². The lowest BCUT2D eigenvalue weighted by Crippen LogP contribution is -2.30. The zero-order chi connectivity index (χ0) is 14.1. The summed E-state index contributed by atoms with van der Waals surface area (Å²) in [6.07, 6.45) is 5.36. The summed E-state index contributed by atoms with van der Waals surface area (Å²) in [5.41, 5.74) is 1.96. The average Bonchev–Trinajstić information content (AvgIpc) is 2.90. The number of imidazole rings is 1. The van der Waals surface area contributed by atoms with Gasteiger partial charge in [-0.3, -0.25) is 4.79 Å². The van der Waals surface area contributed by atoms with Gasteiger partial charge in [0.1, 0.15) is 5.82 Å². The molecule has 104 valence electrons. The molecule has 1 aliphatic heterocycles. The Kier molecular flexibility index (Phi) is 3.61. The van der Waals surface area contributed by atoms with E-state index in [0.29, 0.717) is 6.42 Å². The van der Waals surface area contributed by atoms with Crippen molar-refractivity contribution in [2.24, 2.45) is 5.92 Å². The number of hydrogen-bond donors (Lipinski definition) is 1. The lowest BCUT2D eigenvalue weighted by molar-refractivity contribution is -0.120. The van der Waals surface area contributed by atoms with Crippen LogP contribution in [0.3, 0.4) is 0 Å². The van der Waals surface area contributed by atoms with E-state index in [0.717, 1.165) is 34.5 Å². The summed E-state index contributed by atoms with van der Waals surface area (Å²) < 4.78 is 3.17. The van der Waals surface area contributed by atoms with Gasteiger partial charge in [0.05, 0.1) is 0 Å². The van der Waals surface area contributed by atoms with Gasteiger partial charge in [-0.25, -0.2) is 4.98 Å². The van der Waals surface area contributed by atoms with Gasteiger partial charge in [-0.15, -0.1) is 0 Å². The van der Waals surface area contributed by atoms with Crippen LogP contribution in [-0.4, -0.2) is 15.5 Å². The van der Waals surface area contributed by atoms with Crippen LogP contribution in [0.2, 0.25) is 0 Å². The average molecular weight is 334 g/mol. The third-order valence-electron chi connectivity index (χ3n) is 3.75. The standard InChI is InChI=1S/C15H16BrN3O/c1-10-8-12(2-3-13(10)16)18-15(20)11-4-6-19-7-5-17-14(19)9-11/h2-3,5,7-8,11H,4,6,9H2,1H3,(H,18,20). The molecule has 20 heavy (non-hydrogen) atoms. The molecule has 1 amide bonds. The summed E-state index contributed by atoms with van der Waals surface area (Å²) in [5.74, 6) is 1.10.